The van der Waals surface area contributed by atoms with Crippen LogP contribution in [0.15, 0.2) is 42.5 Å². The van der Waals surface area contributed by atoms with Gasteiger partial charge in [-0.3, -0.25) is 0 Å². The van der Waals surface area contributed by atoms with Crippen LogP contribution in [0.25, 0.3) is 0 Å². The lowest BCUT2D eigenvalue weighted by atomic mass is 9.92. The van der Waals surface area contributed by atoms with Gasteiger partial charge >= 0.3 is 11.9 Å². The first-order chi connectivity index (χ1) is 14.3. The zero-order chi connectivity index (χ0) is 22.1. The molecule has 0 saturated heterocycles. The Morgan fingerprint density at radius 2 is 1.60 bits per heavy atom. The van der Waals surface area contributed by atoms with Crippen molar-refractivity contribution >= 4 is 11.9 Å². The monoisotopic (exact) mass is 417 g/mol. The molecule has 0 aliphatic heterocycles. The minimum atomic E-state index is -1.82. The number of aliphatic carboxylic acids is 2. The molecule has 0 aromatic heterocycles. The summed E-state index contributed by atoms with van der Waals surface area (Å²) in [6, 6.07) is 13.2. The molecule has 0 bridgehead atoms. The standard InChI is InChI=1S/C21H26FNO.C2H2O4/c1-23(2)14-13-21(17-7-10-19(22)11-8-17)24-20-12-9-16-5-3-4-6-18(16)15-20;3-1(4)2(5)6/h7-12,15,21H,3-6,13-14H2,1-2H3;(H,3,4)(H,5,6). The Balaban J connectivity index is 0.000000469. The fraction of sp³-hybridized carbons (Fsp3) is 0.391. The number of fused-ring (bicyclic) bond motifs is 1. The zero-order valence-corrected chi connectivity index (χ0v) is 17.3. The Hall–Kier alpha value is -2.93. The van der Waals surface area contributed by atoms with Crippen molar-refractivity contribution in [3.8, 4) is 5.75 Å². The fourth-order valence-corrected chi connectivity index (χ4v) is 3.29. The number of hydrogen-bond donors (Lipinski definition) is 2. The van der Waals surface area contributed by atoms with E-state index >= 15 is 0 Å². The summed E-state index contributed by atoms with van der Waals surface area (Å²) >= 11 is 0. The second-order valence-corrected chi connectivity index (χ2v) is 7.50. The lowest BCUT2D eigenvalue weighted by Gasteiger charge is -2.23. The van der Waals surface area contributed by atoms with Gasteiger partial charge in [-0.1, -0.05) is 18.2 Å². The van der Waals surface area contributed by atoms with Gasteiger partial charge < -0.3 is 19.8 Å². The van der Waals surface area contributed by atoms with E-state index < -0.39 is 11.9 Å². The number of carboxylic acids is 2. The van der Waals surface area contributed by atoms with Crippen molar-refractivity contribution in [3.63, 3.8) is 0 Å². The molecule has 6 nitrogen and oxygen atoms in total. The number of ether oxygens (including phenoxy) is 1. The number of hydrogen-bond acceptors (Lipinski definition) is 4. The van der Waals surface area contributed by atoms with Crippen LogP contribution in [-0.2, 0) is 22.4 Å². The molecule has 2 aromatic rings. The number of aryl methyl sites for hydroxylation is 2. The highest BCUT2D eigenvalue weighted by molar-refractivity contribution is 6.27. The Bertz CT molecular complexity index is 839. The van der Waals surface area contributed by atoms with Gasteiger partial charge in [0.1, 0.15) is 17.7 Å². The Kier molecular flexibility index (Phi) is 8.80. The van der Waals surface area contributed by atoms with Crippen LogP contribution in [0.2, 0.25) is 0 Å². The van der Waals surface area contributed by atoms with E-state index in [9.17, 15) is 4.39 Å². The predicted molar refractivity (Wildman–Crippen MR) is 111 cm³/mol. The van der Waals surface area contributed by atoms with E-state index in [1.165, 1.54) is 42.5 Å². The SMILES string of the molecule is CN(C)CCC(Oc1ccc2c(c1)CCCC2)c1ccc(F)cc1.O=C(O)C(=O)O. The summed E-state index contributed by atoms with van der Waals surface area (Å²) in [5.41, 5.74) is 3.90. The van der Waals surface area contributed by atoms with Crippen LogP contribution in [0.3, 0.4) is 0 Å². The van der Waals surface area contributed by atoms with Crippen LogP contribution < -0.4 is 4.74 Å². The van der Waals surface area contributed by atoms with Gasteiger partial charge in [0, 0.05) is 13.0 Å². The first-order valence-corrected chi connectivity index (χ1v) is 9.91. The van der Waals surface area contributed by atoms with E-state index in [-0.39, 0.29) is 11.9 Å². The molecule has 0 saturated carbocycles. The third-order valence-corrected chi connectivity index (χ3v) is 4.86. The van der Waals surface area contributed by atoms with E-state index in [0.29, 0.717) is 0 Å². The van der Waals surface area contributed by atoms with Gasteiger partial charge in [-0.05, 0) is 80.7 Å². The summed E-state index contributed by atoms with van der Waals surface area (Å²) in [5.74, 6) is -2.94. The molecule has 0 fully saturated rings. The normalized spacial score (nSPS) is 13.6. The topological polar surface area (TPSA) is 87.1 Å². The number of carbonyl (C=O) groups is 2. The van der Waals surface area contributed by atoms with Crippen molar-refractivity contribution in [2.24, 2.45) is 0 Å². The molecule has 162 valence electrons. The van der Waals surface area contributed by atoms with E-state index in [0.717, 1.165) is 30.7 Å². The molecule has 0 radical (unpaired) electrons. The first kappa shape index (κ1) is 23.3. The Labute approximate surface area is 175 Å². The van der Waals surface area contributed by atoms with Crippen molar-refractivity contribution in [2.45, 2.75) is 38.2 Å². The summed E-state index contributed by atoms with van der Waals surface area (Å²) in [6.07, 6.45) is 5.68. The zero-order valence-electron chi connectivity index (χ0n) is 17.3. The molecule has 30 heavy (non-hydrogen) atoms. The summed E-state index contributed by atoms with van der Waals surface area (Å²) in [5, 5.41) is 14.8. The highest BCUT2D eigenvalue weighted by Gasteiger charge is 2.16. The molecule has 1 unspecified atom stereocenters. The van der Waals surface area contributed by atoms with Crippen molar-refractivity contribution < 1.29 is 28.9 Å². The van der Waals surface area contributed by atoms with Crippen molar-refractivity contribution in [2.75, 3.05) is 20.6 Å². The molecule has 3 rings (SSSR count). The highest BCUT2D eigenvalue weighted by atomic mass is 19.1. The number of nitrogens with zero attached hydrogens (tertiary/aromatic N) is 1. The van der Waals surface area contributed by atoms with Crippen LogP contribution in [-0.4, -0.2) is 47.7 Å². The number of carboxylic acid groups (broad SMARTS) is 2. The largest absolute Gasteiger partial charge is 0.486 e. The molecule has 0 heterocycles. The second kappa shape index (κ2) is 11.3. The van der Waals surface area contributed by atoms with E-state index in [2.05, 4.69) is 37.2 Å². The molecule has 0 spiro atoms. The minimum absolute atomic E-state index is 0.0605. The maximum atomic E-state index is 13.2. The Morgan fingerprint density at radius 3 is 2.17 bits per heavy atom. The van der Waals surface area contributed by atoms with Crippen LogP contribution >= 0.6 is 0 Å². The third kappa shape index (κ3) is 7.48. The third-order valence-electron chi connectivity index (χ3n) is 4.86. The fourth-order valence-electron chi connectivity index (χ4n) is 3.29. The molecular weight excluding hydrogens is 389 g/mol. The molecule has 2 aromatic carbocycles. The van der Waals surface area contributed by atoms with Gasteiger partial charge in [0.25, 0.3) is 0 Å². The second-order valence-electron chi connectivity index (χ2n) is 7.50. The van der Waals surface area contributed by atoms with E-state index in [1.807, 2.05) is 12.1 Å². The van der Waals surface area contributed by atoms with Crippen LogP contribution in [0.1, 0.15) is 42.1 Å². The van der Waals surface area contributed by atoms with Crippen LogP contribution in [0, 0.1) is 5.82 Å². The number of benzene rings is 2. The molecule has 1 atom stereocenters. The summed E-state index contributed by atoms with van der Waals surface area (Å²) in [4.78, 5) is 20.3. The molecule has 1 aliphatic rings. The van der Waals surface area contributed by atoms with Crippen molar-refractivity contribution in [1.82, 2.24) is 4.90 Å². The molecule has 7 heteroatoms. The number of halogens is 1. The lowest BCUT2D eigenvalue weighted by Crippen LogP contribution is -2.19. The van der Waals surface area contributed by atoms with Gasteiger partial charge in [-0.2, -0.15) is 0 Å². The van der Waals surface area contributed by atoms with Crippen molar-refractivity contribution in [3.05, 3.63) is 65.0 Å². The lowest BCUT2D eigenvalue weighted by molar-refractivity contribution is -0.159. The quantitative estimate of drug-likeness (QED) is 0.693. The maximum absolute atomic E-state index is 13.2. The first-order valence-electron chi connectivity index (χ1n) is 9.91. The Morgan fingerprint density at radius 1 is 1.00 bits per heavy atom. The molecule has 0 amide bonds. The average Bonchev–Trinajstić information content (AvgIpc) is 2.72. The molecular formula is C23H28FNO5. The average molecular weight is 417 g/mol. The summed E-state index contributed by atoms with van der Waals surface area (Å²) in [6.45, 7) is 0.924. The number of rotatable bonds is 6. The van der Waals surface area contributed by atoms with Crippen LogP contribution in [0.5, 0.6) is 5.75 Å². The smallest absolute Gasteiger partial charge is 0.414 e. The highest BCUT2D eigenvalue weighted by Crippen LogP contribution is 2.30. The predicted octanol–water partition coefficient (Wildman–Crippen LogP) is 3.93. The van der Waals surface area contributed by atoms with E-state index in [1.54, 1.807) is 0 Å². The van der Waals surface area contributed by atoms with Gasteiger partial charge in [-0.15, -0.1) is 0 Å². The maximum Gasteiger partial charge on any atom is 0.414 e. The van der Waals surface area contributed by atoms with Gasteiger partial charge in [0.05, 0.1) is 0 Å². The summed E-state index contributed by atoms with van der Waals surface area (Å²) in [7, 11) is 4.11. The molecule has 2 N–H and O–H groups in total. The van der Waals surface area contributed by atoms with Crippen molar-refractivity contribution in [1.29, 1.82) is 0 Å². The van der Waals surface area contributed by atoms with Gasteiger partial charge in [0.15, 0.2) is 0 Å². The minimum Gasteiger partial charge on any atom is -0.486 e. The van der Waals surface area contributed by atoms with Gasteiger partial charge in [-0.25, -0.2) is 14.0 Å². The van der Waals surface area contributed by atoms with Gasteiger partial charge in [0.2, 0.25) is 0 Å². The van der Waals surface area contributed by atoms with Crippen LogP contribution in [0.4, 0.5) is 4.39 Å². The molecule has 1 aliphatic carbocycles. The van der Waals surface area contributed by atoms with E-state index in [4.69, 9.17) is 24.5 Å². The summed E-state index contributed by atoms with van der Waals surface area (Å²) < 4.78 is 19.5.